The molecule has 0 N–H and O–H groups in total. The second-order valence-electron chi connectivity index (χ2n) is 3.80. The lowest BCUT2D eigenvalue weighted by Gasteiger charge is -2.26. The predicted molar refractivity (Wildman–Crippen MR) is 65.8 cm³/mol. The van der Waals surface area contributed by atoms with Gasteiger partial charge in [0.1, 0.15) is 0 Å². The van der Waals surface area contributed by atoms with Crippen molar-refractivity contribution in [1.29, 1.82) is 0 Å². The van der Waals surface area contributed by atoms with Crippen LogP contribution in [0, 0.1) is 0 Å². The molecule has 0 aliphatic heterocycles. The molecule has 2 rings (SSSR count). The van der Waals surface area contributed by atoms with Crippen molar-refractivity contribution in [1.82, 2.24) is 0 Å². The topological polar surface area (TPSA) is 0 Å². The Balaban J connectivity index is 2.25. The lowest BCUT2D eigenvalue weighted by molar-refractivity contribution is 1.27. The molecule has 0 fully saturated rings. The summed E-state index contributed by atoms with van der Waals surface area (Å²) >= 11 is 6.86. The number of hydrogen-bond donors (Lipinski definition) is 0. The van der Waals surface area contributed by atoms with Crippen LogP contribution in [0.5, 0.6) is 0 Å². The zero-order valence-corrected chi connectivity index (χ0v) is 10.2. The molecule has 0 aromatic heterocycles. The fourth-order valence-electron chi connectivity index (χ4n) is 2.14. The molecular formula is C12H15ClSi. The van der Waals surface area contributed by atoms with Gasteiger partial charge in [0.2, 0.25) is 7.38 Å². The van der Waals surface area contributed by atoms with Crippen molar-refractivity contribution in [3.05, 3.63) is 46.8 Å². The van der Waals surface area contributed by atoms with Crippen molar-refractivity contribution in [3.63, 3.8) is 0 Å². The summed E-state index contributed by atoms with van der Waals surface area (Å²) in [5.41, 5.74) is 0. The number of hydrogen-bond acceptors (Lipinski definition) is 0. The molecule has 2 aliphatic rings. The van der Waals surface area contributed by atoms with Crippen LogP contribution in [-0.2, 0) is 0 Å². The number of halogens is 1. The van der Waals surface area contributed by atoms with Crippen LogP contribution >= 0.6 is 11.1 Å². The van der Waals surface area contributed by atoms with E-state index in [0.29, 0.717) is 0 Å². The summed E-state index contributed by atoms with van der Waals surface area (Å²) in [5.74, 6) is 0. The third-order valence-electron chi connectivity index (χ3n) is 3.05. The standard InChI is InChI=1S/C12H15ClSi/c1-2-14(13,11-7-3-4-8-11)12-9-5-6-10-12/h3-7,9H,2,8,10H2,1H3. The highest BCUT2D eigenvalue weighted by Crippen LogP contribution is 2.38. The van der Waals surface area contributed by atoms with E-state index in [-0.39, 0.29) is 0 Å². The fourth-order valence-corrected chi connectivity index (χ4v) is 5.91. The molecule has 0 radical (unpaired) electrons. The van der Waals surface area contributed by atoms with Crippen molar-refractivity contribution in [2.24, 2.45) is 0 Å². The second-order valence-corrected chi connectivity index (χ2v) is 9.33. The molecule has 0 aromatic rings. The maximum absolute atomic E-state index is 6.86. The largest absolute Gasteiger partial charge is 0.209 e. The lowest BCUT2D eigenvalue weighted by atomic mass is 10.5. The molecule has 2 heteroatoms. The van der Waals surface area contributed by atoms with E-state index >= 15 is 0 Å². The van der Waals surface area contributed by atoms with Gasteiger partial charge in [-0.15, -0.1) is 0 Å². The Morgan fingerprint density at radius 1 is 1.14 bits per heavy atom. The molecule has 0 amide bonds. The van der Waals surface area contributed by atoms with E-state index in [2.05, 4.69) is 43.4 Å². The van der Waals surface area contributed by atoms with Gasteiger partial charge in [0.15, 0.2) is 0 Å². The van der Waals surface area contributed by atoms with E-state index in [9.17, 15) is 0 Å². The zero-order chi connectivity index (χ0) is 10.0. The van der Waals surface area contributed by atoms with E-state index in [1.54, 1.807) is 0 Å². The summed E-state index contributed by atoms with van der Waals surface area (Å²) < 4.78 is 0. The Bertz CT molecular complexity index is 317. The fraction of sp³-hybridized carbons (Fsp3) is 0.333. The van der Waals surface area contributed by atoms with E-state index in [4.69, 9.17) is 11.1 Å². The molecule has 0 saturated carbocycles. The van der Waals surface area contributed by atoms with Crippen LogP contribution in [0.15, 0.2) is 46.8 Å². The summed E-state index contributed by atoms with van der Waals surface area (Å²) in [4.78, 5) is 0. The molecule has 74 valence electrons. The molecule has 0 heterocycles. The van der Waals surface area contributed by atoms with Gasteiger partial charge < -0.3 is 0 Å². The van der Waals surface area contributed by atoms with Crippen molar-refractivity contribution in [3.8, 4) is 0 Å². The predicted octanol–water partition coefficient (Wildman–Crippen LogP) is 4.04. The van der Waals surface area contributed by atoms with Crippen molar-refractivity contribution in [2.45, 2.75) is 25.8 Å². The molecule has 0 spiro atoms. The highest BCUT2D eigenvalue weighted by atomic mass is 35.6. The molecular weight excluding hydrogens is 208 g/mol. The average molecular weight is 223 g/mol. The minimum absolute atomic E-state index is 1.07. The molecule has 2 aliphatic carbocycles. The van der Waals surface area contributed by atoms with Crippen molar-refractivity contribution < 1.29 is 0 Å². The molecule has 0 atom stereocenters. The Kier molecular flexibility index (Phi) is 2.80. The quantitative estimate of drug-likeness (QED) is 0.500. The molecule has 0 bridgehead atoms. The zero-order valence-electron chi connectivity index (χ0n) is 8.46. The summed E-state index contributed by atoms with van der Waals surface area (Å²) in [6.45, 7) is 2.22. The maximum atomic E-state index is 6.86. The van der Waals surface area contributed by atoms with Crippen molar-refractivity contribution >= 4 is 18.5 Å². The van der Waals surface area contributed by atoms with Gasteiger partial charge in [-0.2, -0.15) is 11.1 Å². The number of rotatable bonds is 3. The third kappa shape index (κ3) is 1.55. The van der Waals surface area contributed by atoms with E-state index in [0.717, 1.165) is 18.9 Å². The average Bonchev–Trinajstić information content (AvgIpc) is 2.88. The Morgan fingerprint density at radius 3 is 1.93 bits per heavy atom. The maximum Gasteiger partial charge on any atom is 0.209 e. The second kappa shape index (κ2) is 3.91. The van der Waals surface area contributed by atoms with E-state index in [1.807, 2.05) is 0 Å². The van der Waals surface area contributed by atoms with Crippen LogP contribution in [0.4, 0.5) is 0 Å². The van der Waals surface area contributed by atoms with Crippen LogP contribution in [0.2, 0.25) is 6.04 Å². The normalized spacial score (nSPS) is 20.1. The van der Waals surface area contributed by atoms with Gasteiger partial charge >= 0.3 is 0 Å². The Hall–Kier alpha value is -0.533. The first kappa shape index (κ1) is 10.0. The van der Waals surface area contributed by atoms with Gasteiger partial charge in [0, 0.05) is 0 Å². The van der Waals surface area contributed by atoms with Gasteiger partial charge in [0.25, 0.3) is 0 Å². The molecule has 14 heavy (non-hydrogen) atoms. The first-order valence-corrected chi connectivity index (χ1v) is 8.40. The monoisotopic (exact) mass is 222 g/mol. The van der Waals surface area contributed by atoms with Crippen LogP contribution in [0.3, 0.4) is 0 Å². The summed E-state index contributed by atoms with van der Waals surface area (Å²) in [7, 11) is -1.79. The first-order valence-electron chi connectivity index (χ1n) is 5.18. The minimum Gasteiger partial charge on any atom is -0.155 e. The number of allylic oxidation sites excluding steroid dienone is 8. The molecule has 0 unspecified atom stereocenters. The first-order chi connectivity index (χ1) is 6.77. The van der Waals surface area contributed by atoms with Gasteiger partial charge in [0.05, 0.1) is 0 Å². The SMILES string of the molecule is CC[Si](Cl)(C1=CC=CC1)C1=CC=CC1. The van der Waals surface area contributed by atoms with Gasteiger partial charge in [-0.25, -0.2) is 0 Å². The highest BCUT2D eigenvalue weighted by Gasteiger charge is 2.37. The van der Waals surface area contributed by atoms with Crippen LogP contribution in [0.25, 0.3) is 0 Å². The molecule has 0 saturated heterocycles. The smallest absolute Gasteiger partial charge is 0.155 e. The van der Waals surface area contributed by atoms with E-state index < -0.39 is 7.38 Å². The lowest BCUT2D eigenvalue weighted by Crippen LogP contribution is -2.31. The van der Waals surface area contributed by atoms with Crippen LogP contribution in [-0.4, -0.2) is 7.38 Å². The van der Waals surface area contributed by atoms with Crippen molar-refractivity contribution in [2.75, 3.05) is 0 Å². The highest BCUT2D eigenvalue weighted by molar-refractivity contribution is 7.28. The third-order valence-corrected chi connectivity index (χ3v) is 9.06. The van der Waals surface area contributed by atoms with Crippen LogP contribution in [0.1, 0.15) is 19.8 Å². The molecule has 0 nitrogen and oxygen atoms in total. The summed E-state index contributed by atoms with van der Waals surface area (Å²) in [6, 6.07) is 1.11. The summed E-state index contributed by atoms with van der Waals surface area (Å²) in [5, 5.41) is 2.97. The summed E-state index contributed by atoms with van der Waals surface area (Å²) in [6.07, 6.45) is 15.3. The Morgan fingerprint density at radius 2 is 1.64 bits per heavy atom. The van der Waals surface area contributed by atoms with Crippen LogP contribution < -0.4 is 0 Å². The Labute approximate surface area is 91.4 Å². The van der Waals surface area contributed by atoms with E-state index in [1.165, 1.54) is 10.4 Å². The minimum atomic E-state index is -1.79. The molecule has 0 aromatic carbocycles. The van der Waals surface area contributed by atoms with Gasteiger partial charge in [-0.05, 0) is 18.9 Å². The van der Waals surface area contributed by atoms with Gasteiger partial charge in [-0.3, -0.25) is 0 Å². The van der Waals surface area contributed by atoms with Gasteiger partial charge in [-0.1, -0.05) is 53.8 Å².